The SMILES string of the molecule is COCC(O)Cn1cc[nH]c1=[N+]([O-])[O-]. The topological polar surface area (TPSA) is 99.3 Å². The van der Waals surface area contributed by atoms with E-state index in [1.165, 1.54) is 24.1 Å². The van der Waals surface area contributed by atoms with E-state index in [1.807, 2.05) is 0 Å². The molecule has 14 heavy (non-hydrogen) atoms. The Morgan fingerprint density at radius 3 is 3.00 bits per heavy atom. The Morgan fingerprint density at radius 2 is 2.43 bits per heavy atom. The highest BCUT2D eigenvalue weighted by molar-refractivity contribution is 4.78. The van der Waals surface area contributed by atoms with Crippen molar-refractivity contribution < 1.29 is 9.84 Å². The lowest BCUT2D eigenvalue weighted by Crippen LogP contribution is -2.34. The quantitative estimate of drug-likeness (QED) is 0.586. The van der Waals surface area contributed by atoms with Gasteiger partial charge in [0.2, 0.25) is 0 Å². The smallest absolute Gasteiger partial charge is 0.358 e. The largest absolute Gasteiger partial charge is 0.744 e. The molecule has 0 saturated carbocycles. The summed E-state index contributed by atoms with van der Waals surface area (Å²) in [5.74, 6) is 0. The number of nitrogens with one attached hydrogen (secondary N) is 1. The van der Waals surface area contributed by atoms with Gasteiger partial charge < -0.3 is 20.3 Å². The van der Waals surface area contributed by atoms with Crippen LogP contribution < -0.4 is 10.5 Å². The molecule has 1 atom stereocenters. The highest BCUT2D eigenvalue weighted by Gasteiger charge is 2.09. The van der Waals surface area contributed by atoms with Crippen LogP contribution in [0.4, 0.5) is 0 Å². The first-order valence-electron chi connectivity index (χ1n) is 4.03. The summed E-state index contributed by atoms with van der Waals surface area (Å²) in [6, 6.07) is 0. The summed E-state index contributed by atoms with van der Waals surface area (Å²) in [6.07, 6.45) is 2.19. The fraction of sp³-hybridized carbons (Fsp3) is 0.571. The molecule has 0 bridgehead atoms. The van der Waals surface area contributed by atoms with Crippen LogP contribution in [0, 0.1) is 10.4 Å². The first kappa shape index (κ1) is 10.6. The number of rotatable bonds is 4. The second-order valence-corrected chi connectivity index (χ2v) is 2.80. The van der Waals surface area contributed by atoms with E-state index < -0.39 is 11.0 Å². The molecule has 1 unspecified atom stereocenters. The van der Waals surface area contributed by atoms with E-state index in [1.54, 1.807) is 0 Å². The molecule has 0 aliphatic heterocycles. The van der Waals surface area contributed by atoms with Gasteiger partial charge in [0.25, 0.3) is 0 Å². The minimum Gasteiger partial charge on any atom is -0.744 e. The van der Waals surface area contributed by atoms with Crippen LogP contribution in [0.1, 0.15) is 0 Å². The van der Waals surface area contributed by atoms with E-state index in [0.29, 0.717) is 0 Å². The first-order chi connectivity index (χ1) is 6.65. The number of nitrogens with zero attached hydrogens (tertiary/aromatic N) is 2. The van der Waals surface area contributed by atoms with Gasteiger partial charge in [0.1, 0.15) is 6.10 Å². The molecule has 0 spiro atoms. The summed E-state index contributed by atoms with van der Waals surface area (Å²) >= 11 is 0. The second-order valence-electron chi connectivity index (χ2n) is 2.80. The number of hydrogen-bond donors (Lipinski definition) is 2. The molecular weight excluding hydrogens is 190 g/mol. The molecule has 1 heterocycles. The Kier molecular flexibility index (Phi) is 3.55. The van der Waals surface area contributed by atoms with Crippen molar-refractivity contribution in [3.63, 3.8) is 0 Å². The van der Waals surface area contributed by atoms with Crippen LogP contribution in [0.5, 0.6) is 0 Å². The van der Waals surface area contributed by atoms with Gasteiger partial charge in [0.15, 0.2) is 0 Å². The lowest BCUT2D eigenvalue weighted by Gasteiger charge is -2.13. The van der Waals surface area contributed by atoms with Crippen LogP contribution in [0.3, 0.4) is 0 Å². The average molecular weight is 202 g/mol. The molecule has 7 heteroatoms. The Bertz CT molecular complexity index is 339. The van der Waals surface area contributed by atoms with Crippen LogP contribution in [0.15, 0.2) is 12.4 Å². The zero-order valence-electron chi connectivity index (χ0n) is 7.71. The number of H-pyrrole nitrogens is 1. The van der Waals surface area contributed by atoms with Crippen LogP contribution >= 0.6 is 0 Å². The molecule has 0 amide bonds. The molecule has 1 aromatic rings. The Balaban J connectivity index is 2.77. The summed E-state index contributed by atoms with van der Waals surface area (Å²) in [4.78, 5) is 1.92. The third-order valence-electron chi connectivity index (χ3n) is 1.68. The monoisotopic (exact) mass is 202 g/mol. The number of aromatic nitrogens is 2. The maximum absolute atomic E-state index is 10.5. The predicted octanol–water partition coefficient (Wildman–Crippen LogP) is -1.41. The zero-order valence-corrected chi connectivity index (χ0v) is 7.71. The molecule has 0 aliphatic carbocycles. The summed E-state index contributed by atoms with van der Waals surface area (Å²) in [6.45, 7) is 0.281. The lowest BCUT2D eigenvalue weighted by molar-refractivity contribution is 0.0528. The van der Waals surface area contributed by atoms with Gasteiger partial charge in [-0.15, -0.1) is 0 Å². The highest BCUT2D eigenvalue weighted by atomic mass is 16.8. The summed E-state index contributed by atoms with van der Waals surface area (Å²) in [5.41, 5.74) is -0.153. The van der Waals surface area contributed by atoms with Gasteiger partial charge in [-0.2, -0.15) is 0 Å². The number of aromatic amines is 1. The molecule has 1 rings (SSSR count). The summed E-state index contributed by atoms with van der Waals surface area (Å²) in [5, 5.41) is 30.3. The fourth-order valence-corrected chi connectivity index (χ4v) is 1.13. The highest BCUT2D eigenvalue weighted by Crippen LogP contribution is 1.88. The number of methoxy groups -OCH3 is 1. The van der Waals surface area contributed by atoms with Crippen LogP contribution in [-0.2, 0) is 11.3 Å². The minimum atomic E-state index is -0.750. The molecule has 0 fully saturated rings. The van der Waals surface area contributed by atoms with Gasteiger partial charge >= 0.3 is 5.62 Å². The second kappa shape index (κ2) is 4.68. The van der Waals surface area contributed by atoms with Gasteiger partial charge in [0, 0.05) is 7.11 Å². The number of ether oxygens (including phenoxy) is 1. The van der Waals surface area contributed by atoms with Crippen molar-refractivity contribution in [3.05, 3.63) is 28.4 Å². The Hall–Kier alpha value is -1.47. The van der Waals surface area contributed by atoms with Crippen molar-refractivity contribution in [2.45, 2.75) is 12.6 Å². The lowest BCUT2D eigenvalue weighted by atomic mass is 10.4. The molecule has 80 valence electrons. The first-order valence-corrected chi connectivity index (χ1v) is 4.03. The molecule has 0 radical (unpaired) electrons. The van der Waals surface area contributed by atoms with Crippen LogP contribution in [0.25, 0.3) is 0 Å². The molecule has 0 aromatic carbocycles. The van der Waals surface area contributed by atoms with E-state index in [0.717, 1.165) is 0 Å². The Morgan fingerprint density at radius 1 is 1.71 bits per heavy atom. The van der Waals surface area contributed by atoms with Crippen molar-refractivity contribution in [2.24, 2.45) is 0 Å². The van der Waals surface area contributed by atoms with Crippen molar-refractivity contribution in [1.82, 2.24) is 14.5 Å². The van der Waals surface area contributed by atoms with E-state index in [2.05, 4.69) is 4.98 Å². The number of imidazole rings is 1. The van der Waals surface area contributed by atoms with Gasteiger partial charge in [-0.05, 0) is 0 Å². The summed E-state index contributed by atoms with van der Waals surface area (Å²) in [7, 11) is 1.46. The Labute approximate surface area is 80.0 Å². The molecule has 7 nitrogen and oxygen atoms in total. The van der Waals surface area contributed by atoms with E-state index in [9.17, 15) is 15.5 Å². The van der Waals surface area contributed by atoms with Crippen molar-refractivity contribution >= 4 is 0 Å². The van der Waals surface area contributed by atoms with Crippen molar-refractivity contribution in [2.75, 3.05) is 13.7 Å². The zero-order chi connectivity index (χ0) is 10.6. The van der Waals surface area contributed by atoms with E-state index in [-0.39, 0.29) is 18.8 Å². The number of aliphatic hydroxyl groups is 1. The van der Waals surface area contributed by atoms with Gasteiger partial charge in [-0.25, -0.2) is 9.55 Å². The van der Waals surface area contributed by atoms with Crippen LogP contribution in [0.2, 0.25) is 0 Å². The van der Waals surface area contributed by atoms with Crippen LogP contribution in [-0.4, -0.2) is 34.5 Å². The third-order valence-corrected chi connectivity index (χ3v) is 1.68. The third kappa shape index (κ3) is 2.51. The maximum Gasteiger partial charge on any atom is 0.358 e. The average Bonchev–Trinajstić information content (AvgIpc) is 2.52. The molecular formula is C7H12N3O4-. The predicted molar refractivity (Wildman–Crippen MR) is 48.7 cm³/mol. The normalized spacial score (nSPS) is 12.7. The number of hydrogen-bond acceptors (Lipinski definition) is 4. The van der Waals surface area contributed by atoms with Gasteiger partial charge in [-0.3, -0.25) is 4.90 Å². The molecule has 0 saturated heterocycles. The molecule has 2 N–H and O–H groups in total. The molecule has 0 aliphatic rings. The van der Waals surface area contributed by atoms with Crippen molar-refractivity contribution in [3.8, 4) is 0 Å². The maximum atomic E-state index is 10.5. The van der Waals surface area contributed by atoms with E-state index >= 15 is 0 Å². The molecule has 1 aromatic heterocycles. The van der Waals surface area contributed by atoms with Gasteiger partial charge in [-0.1, -0.05) is 0 Å². The number of aliphatic hydroxyl groups excluding tert-OH is 1. The standard InChI is InChI=1S/C7H12N3O4/c1-14-5-6(11)4-9-3-2-8-7(9)10(12)13/h2-3,6,8,11H,4-5H2,1H3/q-1. The van der Waals surface area contributed by atoms with Crippen molar-refractivity contribution in [1.29, 1.82) is 0 Å². The van der Waals surface area contributed by atoms with E-state index in [4.69, 9.17) is 4.74 Å². The van der Waals surface area contributed by atoms with Gasteiger partial charge in [0.05, 0.1) is 25.5 Å². The fourth-order valence-electron chi connectivity index (χ4n) is 1.13. The summed E-state index contributed by atoms with van der Waals surface area (Å²) < 4.78 is 6.03. The minimum absolute atomic E-state index is 0.133.